The van der Waals surface area contributed by atoms with E-state index in [0.29, 0.717) is 16.3 Å². The maximum absolute atomic E-state index is 13.0. The van der Waals surface area contributed by atoms with Gasteiger partial charge >= 0.3 is 0 Å². The van der Waals surface area contributed by atoms with E-state index in [-0.39, 0.29) is 45.7 Å². The molecule has 4 rings (SSSR count). The Labute approximate surface area is 234 Å². The molecule has 3 amide bonds. The van der Waals surface area contributed by atoms with Crippen molar-refractivity contribution in [3.63, 3.8) is 0 Å². The number of nitrogens with one attached hydrogen (secondary N) is 1. The van der Waals surface area contributed by atoms with Crippen LogP contribution in [0.2, 0.25) is 10.0 Å². The van der Waals surface area contributed by atoms with Gasteiger partial charge in [0, 0.05) is 10.7 Å². The molecule has 1 fully saturated rings. The summed E-state index contributed by atoms with van der Waals surface area (Å²) < 4.78 is 11.1. The molecule has 38 heavy (non-hydrogen) atoms. The van der Waals surface area contributed by atoms with Crippen LogP contribution in [-0.4, -0.2) is 35.7 Å². The molecule has 1 aliphatic heterocycles. The molecule has 10 heteroatoms. The van der Waals surface area contributed by atoms with Crippen LogP contribution in [0.1, 0.15) is 22.3 Å². The van der Waals surface area contributed by atoms with E-state index in [0.717, 1.165) is 28.5 Å². The van der Waals surface area contributed by atoms with Gasteiger partial charge in [0.15, 0.2) is 18.1 Å². The number of amides is 3. The Morgan fingerprint density at radius 3 is 2.55 bits per heavy atom. The third-order valence-electron chi connectivity index (χ3n) is 5.65. The molecule has 3 aromatic carbocycles. The number of hydrogen-bond acceptors (Lipinski definition) is 6. The van der Waals surface area contributed by atoms with Gasteiger partial charge in [-0.25, -0.2) is 0 Å². The fraction of sp³-hybridized carbons (Fsp3) is 0.179. The number of aryl methyl sites for hydroxylation is 2. The lowest BCUT2D eigenvalue weighted by atomic mass is 10.1. The van der Waals surface area contributed by atoms with Crippen LogP contribution in [0.5, 0.6) is 11.5 Å². The maximum Gasteiger partial charge on any atom is 0.293 e. The first-order chi connectivity index (χ1) is 18.1. The number of rotatable bonds is 8. The number of halogens is 2. The van der Waals surface area contributed by atoms with Crippen molar-refractivity contribution < 1.29 is 23.9 Å². The Kier molecular flexibility index (Phi) is 8.66. The van der Waals surface area contributed by atoms with Gasteiger partial charge in [0.2, 0.25) is 0 Å². The van der Waals surface area contributed by atoms with Crippen molar-refractivity contribution in [3.05, 3.63) is 91.8 Å². The van der Waals surface area contributed by atoms with Gasteiger partial charge in [-0.3, -0.25) is 19.3 Å². The highest BCUT2D eigenvalue weighted by Crippen LogP contribution is 2.39. The van der Waals surface area contributed by atoms with Crippen molar-refractivity contribution in [2.24, 2.45) is 0 Å². The highest BCUT2D eigenvalue weighted by atomic mass is 35.5. The standard InChI is InChI=1S/C28H24Cl2N2O5S/c1-16-5-4-6-18(9-16)14-32-27(34)24(38-28(32)35)12-19-10-22(30)26(23(11-19)36-3)37-15-25(33)31-20-8-7-17(2)21(29)13-20/h4-13H,14-15H2,1-3H3,(H,31,33)/b24-12-. The predicted molar refractivity (Wildman–Crippen MR) is 151 cm³/mol. The Morgan fingerprint density at radius 1 is 1.05 bits per heavy atom. The molecule has 196 valence electrons. The second-order valence-electron chi connectivity index (χ2n) is 8.59. The SMILES string of the molecule is COc1cc(/C=C2\SC(=O)N(Cc3cccc(C)c3)C2=O)cc(Cl)c1OCC(=O)Nc1ccc(C)c(Cl)c1. The minimum atomic E-state index is -0.408. The molecule has 0 radical (unpaired) electrons. The molecule has 1 saturated heterocycles. The van der Waals surface area contributed by atoms with E-state index in [2.05, 4.69) is 5.32 Å². The van der Waals surface area contributed by atoms with Crippen LogP contribution in [0.4, 0.5) is 10.5 Å². The molecule has 1 heterocycles. The van der Waals surface area contributed by atoms with Crippen LogP contribution in [0.3, 0.4) is 0 Å². The summed E-state index contributed by atoms with van der Waals surface area (Å²) in [4.78, 5) is 39.4. The lowest BCUT2D eigenvalue weighted by molar-refractivity contribution is -0.123. The third-order valence-corrected chi connectivity index (χ3v) is 7.24. The number of benzene rings is 3. The van der Waals surface area contributed by atoms with Crippen molar-refractivity contribution in [2.75, 3.05) is 19.0 Å². The highest BCUT2D eigenvalue weighted by molar-refractivity contribution is 8.18. The highest BCUT2D eigenvalue weighted by Gasteiger charge is 2.35. The van der Waals surface area contributed by atoms with E-state index in [4.69, 9.17) is 32.7 Å². The zero-order chi connectivity index (χ0) is 27.4. The molecule has 0 spiro atoms. The van der Waals surface area contributed by atoms with Crippen LogP contribution in [0, 0.1) is 13.8 Å². The number of ether oxygens (including phenoxy) is 2. The van der Waals surface area contributed by atoms with E-state index < -0.39 is 5.91 Å². The van der Waals surface area contributed by atoms with Gasteiger partial charge in [-0.05, 0) is 72.6 Å². The van der Waals surface area contributed by atoms with E-state index in [1.807, 2.05) is 38.1 Å². The zero-order valence-electron chi connectivity index (χ0n) is 20.8. The summed E-state index contributed by atoms with van der Waals surface area (Å²) in [5, 5.41) is 3.09. The fourth-order valence-corrected chi connectivity index (χ4v) is 5.04. The number of hydrogen-bond donors (Lipinski definition) is 1. The molecule has 7 nitrogen and oxygen atoms in total. The van der Waals surface area contributed by atoms with E-state index in [9.17, 15) is 14.4 Å². The van der Waals surface area contributed by atoms with Crippen LogP contribution >= 0.6 is 35.0 Å². The minimum absolute atomic E-state index is 0.177. The molecule has 0 aliphatic carbocycles. The smallest absolute Gasteiger partial charge is 0.293 e. The molecular formula is C28H24Cl2N2O5S. The Morgan fingerprint density at radius 2 is 1.84 bits per heavy atom. The molecular weight excluding hydrogens is 547 g/mol. The monoisotopic (exact) mass is 570 g/mol. The summed E-state index contributed by atoms with van der Waals surface area (Å²) in [7, 11) is 1.44. The van der Waals surface area contributed by atoms with Gasteiger partial charge < -0.3 is 14.8 Å². The van der Waals surface area contributed by atoms with Crippen molar-refractivity contribution in [1.82, 2.24) is 4.90 Å². The van der Waals surface area contributed by atoms with Gasteiger partial charge in [0.05, 0.1) is 23.6 Å². The number of carbonyl (C=O) groups excluding carboxylic acids is 3. The van der Waals surface area contributed by atoms with Crippen LogP contribution in [0.25, 0.3) is 6.08 Å². The molecule has 1 aliphatic rings. The van der Waals surface area contributed by atoms with E-state index in [1.54, 1.807) is 36.4 Å². The van der Waals surface area contributed by atoms with E-state index >= 15 is 0 Å². The average molecular weight is 571 g/mol. The predicted octanol–water partition coefficient (Wildman–Crippen LogP) is 6.87. The summed E-state index contributed by atoms with van der Waals surface area (Å²) in [6.45, 7) is 3.69. The lowest BCUT2D eigenvalue weighted by Gasteiger charge is -2.14. The van der Waals surface area contributed by atoms with Crippen molar-refractivity contribution in [1.29, 1.82) is 0 Å². The molecule has 0 aromatic heterocycles. The Balaban J connectivity index is 1.46. The molecule has 0 bridgehead atoms. The number of anilines is 1. The summed E-state index contributed by atoms with van der Waals surface area (Å²) in [6.07, 6.45) is 1.58. The van der Waals surface area contributed by atoms with Gasteiger partial charge in [-0.2, -0.15) is 0 Å². The molecule has 3 aromatic rings. The lowest BCUT2D eigenvalue weighted by Crippen LogP contribution is -2.27. The Bertz CT molecular complexity index is 1460. The average Bonchev–Trinajstić information content (AvgIpc) is 3.12. The summed E-state index contributed by atoms with van der Waals surface area (Å²) in [5.74, 6) is -0.343. The Hall–Kier alpha value is -3.46. The first-order valence-corrected chi connectivity index (χ1v) is 13.1. The van der Waals surface area contributed by atoms with Crippen LogP contribution in [0.15, 0.2) is 59.5 Å². The number of thioether (sulfide) groups is 1. The quantitative estimate of drug-likeness (QED) is 0.297. The second kappa shape index (κ2) is 11.9. The minimum Gasteiger partial charge on any atom is -0.493 e. The molecule has 1 N–H and O–H groups in total. The molecule has 0 saturated carbocycles. The van der Waals surface area contributed by atoms with Crippen LogP contribution in [-0.2, 0) is 16.1 Å². The number of imide groups is 1. The first kappa shape index (κ1) is 27.6. The summed E-state index contributed by atoms with van der Waals surface area (Å²) in [5.41, 5.74) is 3.90. The normalized spacial score (nSPS) is 14.2. The van der Waals surface area contributed by atoms with Gasteiger partial charge in [-0.15, -0.1) is 0 Å². The maximum atomic E-state index is 13.0. The van der Waals surface area contributed by atoms with Gasteiger partial charge in [0.1, 0.15) is 0 Å². The van der Waals surface area contributed by atoms with Crippen molar-refractivity contribution in [3.8, 4) is 11.5 Å². The zero-order valence-corrected chi connectivity index (χ0v) is 23.2. The molecule has 0 unspecified atom stereocenters. The van der Waals surface area contributed by atoms with Crippen LogP contribution < -0.4 is 14.8 Å². The number of nitrogens with zero attached hydrogens (tertiary/aromatic N) is 1. The molecule has 0 atom stereocenters. The van der Waals surface area contributed by atoms with Crippen molar-refractivity contribution in [2.45, 2.75) is 20.4 Å². The second-order valence-corrected chi connectivity index (χ2v) is 10.4. The number of carbonyl (C=O) groups is 3. The van der Waals surface area contributed by atoms with Crippen molar-refractivity contribution >= 4 is 63.8 Å². The summed E-state index contributed by atoms with van der Waals surface area (Å²) >= 11 is 13.4. The van der Waals surface area contributed by atoms with E-state index in [1.165, 1.54) is 12.0 Å². The topological polar surface area (TPSA) is 84.9 Å². The fourth-order valence-electron chi connectivity index (χ4n) is 3.75. The van der Waals surface area contributed by atoms with Gasteiger partial charge in [0.25, 0.3) is 17.1 Å². The third kappa shape index (κ3) is 6.51. The number of methoxy groups -OCH3 is 1. The van der Waals surface area contributed by atoms with Gasteiger partial charge in [-0.1, -0.05) is 59.1 Å². The summed E-state index contributed by atoms with van der Waals surface area (Å²) in [6, 6.07) is 16.0. The largest absolute Gasteiger partial charge is 0.493 e. The first-order valence-electron chi connectivity index (χ1n) is 11.5.